The number of hydrogen-bond acceptors (Lipinski definition) is 2. The zero-order chi connectivity index (χ0) is 18.1. The van der Waals surface area contributed by atoms with Crippen LogP contribution in [0.1, 0.15) is 11.1 Å². The highest BCUT2D eigenvalue weighted by molar-refractivity contribution is 14.1. The Morgan fingerprint density at radius 1 is 0.458 bits per heavy atom. The Hall–Kier alpha value is 2.16. The lowest BCUT2D eigenvalue weighted by atomic mass is 9.95. The standard InChI is InChI=1S/C16H8I6O2/c1-3-5-6(4(2)10(18)9(3)17)15(23)8-7(11(5)19)12(20)14(22)16(24)13(8)21/h23-24H,1-2H3. The first kappa shape index (κ1) is 20.9. The molecular formula is C16H8I6O2. The van der Waals surface area contributed by atoms with E-state index < -0.39 is 0 Å². The van der Waals surface area contributed by atoms with Gasteiger partial charge in [0.15, 0.2) is 0 Å². The highest BCUT2D eigenvalue weighted by atomic mass is 127. The topological polar surface area (TPSA) is 40.5 Å². The summed E-state index contributed by atoms with van der Waals surface area (Å²) in [6.07, 6.45) is 0. The molecule has 0 unspecified atom stereocenters. The van der Waals surface area contributed by atoms with E-state index in [0.29, 0.717) is 3.57 Å². The molecule has 0 bridgehead atoms. The molecule has 0 heterocycles. The lowest BCUT2D eigenvalue weighted by molar-refractivity contribution is 0.465. The van der Waals surface area contributed by atoms with Crippen LogP contribution in [-0.4, -0.2) is 10.2 Å². The Bertz CT molecular complexity index is 894. The Morgan fingerprint density at radius 3 is 1.50 bits per heavy atom. The van der Waals surface area contributed by atoms with Crippen LogP contribution in [0.25, 0.3) is 21.5 Å². The van der Waals surface area contributed by atoms with Crippen LogP contribution in [0.4, 0.5) is 0 Å². The molecule has 0 aliphatic heterocycles. The second-order valence-electron chi connectivity index (χ2n) is 5.33. The second kappa shape index (κ2) is 7.53. The largest absolute Gasteiger partial charge is 0.507 e. The minimum absolute atomic E-state index is 0.244. The first-order valence-corrected chi connectivity index (χ1v) is 13.1. The highest BCUT2D eigenvalue weighted by Gasteiger charge is 2.25. The molecule has 0 amide bonds. The van der Waals surface area contributed by atoms with Gasteiger partial charge in [-0.1, -0.05) is 0 Å². The van der Waals surface area contributed by atoms with E-state index in [-0.39, 0.29) is 11.5 Å². The van der Waals surface area contributed by atoms with Gasteiger partial charge < -0.3 is 10.2 Å². The number of rotatable bonds is 0. The molecule has 0 aliphatic carbocycles. The third-order valence-electron chi connectivity index (χ3n) is 4.06. The third-order valence-corrected chi connectivity index (χ3v) is 13.1. The third kappa shape index (κ3) is 2.96. The van der Waals surface area contributed by atoms with E-state index >= 15 is 0 Å². The highest BCUT2D eigenvalue weighted by Crippen LogP contribution is 2.49. The van der Waals surface area contributed by atoms with E-state index in [1.165, 1.54) is 12.7 Å². The number of aromatic hydroxyl groups is 2. The lowest BCUT2D eigenvalue weighted by Crippen LogP contribution is -2.00. The van der Waals surface area contributed by atoms with E-state index in [0.717, 1.165) is 37.8 Å². The van der Waals surface area contributed by atoms with Crippen LogP contribution in [0.5, 0.6) is 11.5 Å². The van der Waals surface area contributed by atoms with Crippen molar-refractivity contribution in [2.24, 2.45) is 0 Å². The van der Waals surface area contributed by atoms with Crippen LogP contribution >= 0.6 is 136 Å². The molecule has 3 aromatic rings. The maximum Gasteiger partial charge on any atom is 0.144 e. The maximum atomic E-state index is 11.1. The van der Waals surface area contributed by atoms with Gasteiger partial charge in [-0.05, 0) is 161 Å². The Balaban J connectivity index is 2.82. The summed E-state index contributed by atoms with van der Waals surface area (Å²) in [5.74, 6) is 0.512. The van der Waals surface area contributed by atoms with Crippen LogP contribution < -0.4 is 0 Å². The summed E-state index contributed by atoms with van der Waals surface area (Å²) in [4.78, 5) is 0. The molecule has 24 heavy (non-hydrogen) atoms. The zero-order valence-electron chi connectivity index (χ0n) is 12.2. The van der Waals surface area contributed by atoms with Gasteiger partial charge in [0.25, 0.3) is 0 Å². The number of hydrogen-bond donors (Lipinski definition) is 2. The number of fused-ring (bicyclic) bond motifs is 2. The smallest absolute Gasteiger partial charge is 0.144 e. The number of phenols is 2. The van der Waals surface area contributed by atoms with Crippen molar-refractivity contribution in [3.05, 3.63) is 32.5 Å². The van der Waals surface area contributed by atoms with Gasteiger partial charge in [-0.15, -0.1) is 0 Å². The average Bonchev–Trinajstić information content (AvgIpc) is 2.55. The molecular weight excluding hydrogens is 986 g/mol. The van der Waals surface area contributed by atoms with Gasteiger partial charge in [-0.2, -0.15) is 0 Å². The van der Waals surface area contributed by atoms with Gasteiger partial charge in [0.05, 0.1) is 7.14 Å². The molecule has 0 aliphatic rings. The molecule has 0 saturated carbocycles. The van der Waals surface area contributed by atoms with Crippen molar-refractivity contribution < 1.29 is 10.2 Å². The van der Waals surface area contributed by atoms with E-state index in [1.54, 1.807) is 0 Å². The SMILES string of the molecule is Cc1c(I)c(I)c(C)c2c(I)c3c(I)c(I)c(O)c(I)c3c(O)c12. The summed E-state index contributed by atoms with van der Waals surface area (Å²) in [5.41, 5.74) is 2.28. The maximum absolute atomic E-state index is 11.1. The van der Waals surface area contributed by atoms with Gasteiger partial charge in [0, 0.05) is 35.8 Å². The molecule has 0 radical (unpaired) electrons. The monoisotopic (exact) mass is 993 g/mol. The predicted molar refractivity (Wildman–Crippen MR) is 151 cm³/mol. The summed E-state index contributed by atoms with van der Waals surface area (Å²) in [6.45, 7) is 4.17. The number of halogens is 6. The van der Waals surface area contributed by atoms with E-state index in [2.05, 4.69) is 149 Å². The Kier molecular flexibility index (Phi) is 6.55. The van der Waals surface area contributed by atoms with Crippen LogP contribution in [0.3, 0.4) is 0 Å². The zero-order valence-corrected chi connectivity index (χ0v) is 25.1. The molecule has 0 fully saturated rings. The summed E-state index contributed by atoms with van der Waals surface area (Å²) in [6, 6.07) is 0. The summed E-state index contributed by atoms with van der Waals surface area (Å²) in [7, 11) is 0. The molecule has 3 aromatic carbocycles. The minimum atomic E-state index is 0.244. The predicted octanol–water partition coefficient (Wildman–Crippen LogP) is 7.65. The number of benzene rings is 3. The van der Waals surface area contributed by atoms with Gasteiger partial charge in [-0.3, -0.25) is 0 Å². The van der Waals surface area contributed by atoms with E-state index in [9.17, 15) is 10.2 Å². The molecule has 0 aromatic heterocycles. The molecule has 3 rings (SSSR count). The summed E-state index contributed by atoms with van der Waals surface area (Å²) < 4.78 is 6.04. The van der Waals surface area contributed by atoms with E-state index in [1.807, 2.05) is 0 Å². The average molecular weight is 994 g/mol. The quantitative estimate of drug-likeness (QED) is 0.138. The van der Waals surface area contributed by atoms with Crippen molar-refractivity contribution in [1.29, 1.82) is 0 Å². The lowest BCUT2D eigenvalue weighted by Gasteiger charge is -2.19. The molecule has 126 valence electrons. The fourth-order valence-corrected chi connectivity index (χ4v) is 8.54. The second-order valence-corrected chi connectivity index (χ2v) is 11.8. The molecule has 0 saturated heterocycles. The molecule has 2 N–H and O–H groups in total. The summed E-state index contributed by atoms with van der Waals surface area (Å²) >= 11 is 13.7. The van der Waals surface area contributed by atoms with Crippen LogP contribution in [0.15, 0.2) is 0 Å². The molecule has 0 atom stereocenters. The first-order valence-electron chi connectivity index (χ1n) is 6.58. The minimum Gasteiger partial charge on any atom is -0.507 e. The van der Waals surface area contributed by atoms with Crippen molar-refractivity contribution in [1.82, 2.24) is 0 Å². The van der Waals surface area contributed by atoms with Crippen LogP contribution in [-0.2, 0) is 0 Å². The van der Waals surface area contributed by atoms with E-state index in [4.69, 9.17) is 0 Å². The van der Waals surface area contributed by atoms with Crippen molar-refractivity contribution in [3.8, 4) is 11.5 Å². The Morgan fingerprint density at radius 2 is 0.958 bits per heavy atom. The van der Waals surface area contributed by atoms with Gasteiger partial charge in [0.1, 0.15) is 11.5 Å². The van der Waals surface area contributed by atoms with Crippen molar-refractivity contribution in [3.63, 3.8) is 0 Å². The van der Waals surface area contributed by atoms with Crippen LogP contribution in [0, 0.1) is 35.3 Å². The van der Waals surface area contributed by atoms with Gasteiger partial charge >= 0.3 is 0 Å². The number of phenolic OH excluding ortho intramolecular Hbond substituents is 2. The summed E-state index contributed by atoms with van der Waals surface area (Å²) in [5, 5.41) is 25.4. The molecule has 8 heteroatoms. The molecule has 0 spiro atoms. The fourth-order valence-electron chi connectivity index (χ4n) is 2.82. The fraction of sp³-hybridized carbons (Fsp3) is 0.125. The Labute approximate surface area is 221 Å². The van der Waals surface area contributed by atoms with Gasteiger partial charge in [-0.25, -0.2) is 0 Å². The first-order chi connectivity index (χ1) is 11.1. The molecule has 2 nitrogen and oxygen atoms in total. The van der Waals surface area contributed by atoms with Crippen molar-refractivity contribution >= 4 is 157 Å². The normalized spacial score (nSPS) is 11.7. The van der Waals surface area contributed by atoms with Crippen LogP contribution in [0.2, 0.25) is 0 Å². The van der Waals surface area contributed by atoms with Crippen molar-refractivity contribution in [2.75, 3.05) is 0 Å². The van der Waals surface area contributed by atoms with Gasteiger partial charge in [0.2, 0.25) is 0 Å². The van der Waals surface area contributed by atoms with Crippen molar-refractivity contribution in [2.45, 2.75) is 13.8 Å². The number of aryl methyl sites for hydroxylation is 2.